The van der Waals surface area contributed by atoms with Crippen molar-refractivity contribution in [1.29, 1.82) is 0 Å². The van der Waals surface area contributed by atoms with E-state index in [1.807, 2.05) is 4.31 Å². The predicted octanol–water partition coefficient (Wildman–Crippen LogP) is -0.208. The Balaban J connectivity index is 1.85. The Morgan fingerprint density at radius 1 is 1.31 bits per heavy atom. The van der Waals surface area contributed by atoms with Crippen molar-refractivity contribution in [3.05, 3.63) is 0 Å². The third-order valence-electron chi connectivity index (χ3n) is 2.48. The third-order valence-corrected chi connectivity index (χ3v) is 4.02. The van der Waals surface area contributed by atoms with Crippen LogP contribution in [0.15, 0.2) is 0 Å². The lowest BCUT2D eigenvalue weighted by atomic mass is 10.4. The van der Waals surface area contributed by atoms with Crippen molar-refractivity contribution in [3.63, 3.8) is 0 Å². The Kier molecular flexibility index (Phi) is 2.76. The van der Waals surface area contributed by atoms with Crippen LogP contribution in [-0.2, 0) is 16.0 Å². The van der Waals surface area contributed by atoms with E-state index in [1.165, 1.54) is 12.8 Å². The van der Waals surface area contributed by atoms with Gasteiger partial charge in [0.15, 0.2) is 11.2 Å². The van der Waals surface area contributed by atoms with Crippen molar-refractivity contribution in [2.24, 2.45) is 5.92 Å². The van der Waals surface area contributed by atoms with Gasteiger partial charge in [0.05, 0.1) is 6.54 Å². The smallest absolute Gasteiger partial charge is 0.173 e. The predicted molar refractivity (Wildman–Crippen MR) is 50.1 cm³/mol. The highest BCUT2D eigenvalue weighted by atomic mass is 32.2. The summed E-state index contributed by atoms with van der Waals surface area (Å²) in [5.74, 6) is 0.764. The highest BCUT2D eigenvalue weighted by molar-refractivity contribution is 7.80. The molecule has 1 heterocycles. The quantitative estimate of drug-likeness (QED) is 0.592. The van der Waals surface area contributed by atoms with Crippen LogP contribution in [0.1, 0.15) is 12.8 Å². The van der Waals surface area contributed by atoms with Crippen molar-refractivity contribution in [1.82, 2.24) is 8.61 Å². The second-order valence-electron chi connectivity index (χ2n) is 3.62. The molecule has 0 aromatic rings. The molecule has 74 valence electrons. The second kappa shape index (κ2) is 3.86. The van der Waals surface area contributed by atoms with E-state index in [-0.39, 0.29) is 0 Å². The fourth-order valence-corrected chi connectivity index (χ4v) is 2.85. The van der Waals surface area contributed by atoms with Gasteiger partial charge < -0.3 is 4.79 Å². The third kappa shape index (κ3) is 2.15. The van der Waals surface area contributed by atoms with Gasteiger partial charge in [-0.1, -0.05) is 0 Å². The number of hydrogen-bond donors (Lipinski definition) is 0. The molecule has 2 fully saturated rings. The van der Waals surface area contributed by atoms with Gasteiger partial charge in [0.25, 0.3) is 0 Å². The number of nitrogens with zero attached hydrogens (tertiary/aromatic N) is 2. The van der Waals surface area contributed by atoms with Crippen LogP contribution in [0, 0.1) is 5.92 Å². The number of hydrogen-bond acceptors (Lipinski definition) is 2. The largest absolute Gasteiger partial charge is 0.302 e. The summed E-state index contributed by atoms with van der Waals surface area (Å²) < 4.78 is 15.4. The molecule has 5 heteroatoms. The van der Waals surface area contributed by atoms with Gasteiger partial charge in [-0.05, 0) is 18.8 Å². The van der Waals surface area contributed by atoms with Crippen LogP contribution >= 0.6 is 0 Å². The first-order chi connectivity index (χ1) is 6.31. The zero-order valence-corrected chi connectivity index (χ0v) is 8.33. The molecule has 0 spiro atoms. The molecule has 0 radical (unpaired) electrons. The Hall–Kier alpha value is -0.260. The Labute approximate surface area is 80.6 Å². The Morgan fingerprint density at radius 3 is 2.62 bits per heavy atom. The maximum Gasteiger partial charge on any atom is 0.173 e. The molecule has 0 amide bonds. The fraction of sp³-hybridized carbons (Fsp3) is 0.875. The summed E-state index contributed by atoms with van der Waals surface area (Å²) in [6, 6.07) is 0. The number of aldehydes is 1. The highest BCUT2D eigenvalue weighted by Gasteiger charge is 2.33. The van der Waals surface area contributed by atoms with Gasteiger partial charge in [-0.2, -0.15) is 0 Å². The number of carbonyl (C=O) groups is 1. The molecule has 1 atom stereocenters. The number of carbonyl (C=O) groups excluding carboxylic acids is 1. The van der Waals surface area contributed by atoms with Gasteiger partial charge in [0.2, 0.25) is 0 Å². The lowest BCUT2D eigenvalue weighted by molar-refractivity contribution is -0.107. The van der Waals surface area contributed by atoms with Gasteiger partial charge in [-0.3, -0.25) is 0 Å². The van der Waals surface area contributed by atoms with Gasteiger partial charge in [0, 0.05) is 19.6 Å². The monoisotopic (exact) mass is 202 g/mol. The average molecular weight is 202 g/mol. The summed E-state index contributed by atoms with van der Waals surface area (Å²) in [4.78, 5) is 10.3. The van der Waals surface area contributed by atoms with Crippen LogP contribution in [0.3, 0.4) is 0 Å². The first kappa shape index (κ1) is 9.30. The Morgan fingerprint density at radius 2 is 2.00 bits per heavy atom. The second-order valence-corrected chi connectivity index (χ2v) is 5.11. The summed E-state index contributed by atoms with van der Waals surface area (Å²) in [5.41, 5.74) is 0. The molecule has 1 saturated heterocycles. The molecule has 4 nitrogen and oxygen atoms in total. The van der Waals surface area contributed by atoms with Crippen molar-refractivity contribution in [2.45, 2.75) is 12.8 Å². The zero-order valence-electron chi connectivity index (χ0n) is 7.52. The standard InChI is InChI=1S/C8H14N2O2S/c11-6-5-9-3-4-10(13(9)12)7-8-1-2-8/h6,8H,1-5,7H2. The summed E-state index contributed by atoms with van der Waals surface area (Å²) in [6.45, 7) is 2.85. The average Bonchev–Trinajstić information content (AvgIpc) is 2.86. The van der Waals surface area contributed by atoms with E-state index in [2.05, 4.69) is 0 Å². The molecule has 1 aliphatic heterocycles. The minimum atomic E-state index is -1.04. The number of rotatable bonds is 4. The van der Waals surface area contributed by atoms with Crippen molar-refractivity contribution >= 4 is 17.5 Å². The van der Waals surface area contributed by atoms with Crippen LogP contribution in [0.2, 0.25) is 0 Å². The van der Waals surface area contributed by atoms with Crippen molar-refractivity contribution in [3.8, 4) is 0 Å². The summed E-state index contributed by atoms with van der Waals surface area (Å²) in [7, 11) is 0. The molecule has 1 unspecified atom stereocenters. The van der Waals surface area contributed by atoms with Gasteiger partial charge in [-0.15, -0.1) is 0 Å². The van der Waals surface area contributed by atoms with Gasteiger partial charge in [-0.25, -0.2) is 12.8 Å². The van der Waals surface area contributed by atoms with Crippen LogP contribution in [-0.4, -0.2) is 45.3 Å². The minimum absolute atomic E-state index is 0.299. The summed E-state index contributed by atoms with van der Waals surface area (Å²) in [5, 5.41) is 0. The van der Waals surface area contributed by atoms with Gasteiger partial charge in [0.1, 0.15) is 6.29 Å². The van der Waals surface area contributed by atoms with E-state index in [4.69, 9.17) is 0 Å². The molecule has 0 aromatic carbocycles. The van der Waals surface area contributed by atoms with E-state index >= 15 is 0 Å². The Bertz CT molecular complexity index is 230. The molecule has 0 N–H and O–H groups in total. The molecule has 13 heavy (non-hydrogen) atoms. The SMILES string of the molecule is O=CCN1CCN(CC2CC2)S1=O. The maximum absolute atomic E-state index is 11.7. The first-order valence-corrected chi connectivity index (χ1v) is 5.73. The summed E-state index contributed by atoms with van der Waals surface area (Å²) in [6.07, 6.45) is 3.38. The van der Waals surface area contributed by atoms with E-state index < -0.39 is 11.2 Å². The van der Waals surface area contributed by atoms with Crippen LogP contribution in [0.4, 0.5) is 0 Å². The maximum atomic E-state index is 11.7. The van der Waals surface area contributed by atoms with Gasteiger partial charge >= 0.3 is 0 Å². The first-order valence-electron chi connectivity index (χ1n) is 4.67. The molecule has 2 rings (SSSR count). The molecule has 1 aliphatic carbocycles. The lowest BCUT2D eigenvalue weighted by Gasteiger charge is -2.14. The van der Waals surface area contributed by atoms with E-state index in [1.54, 1.807) is 4.31 Å². The fourth-order valence-electron chi connectivity index (χ4n) is 1.52. The molecule has 1 saturated carbocycles. The van der Waals surface area contributed by atoms with E-state index in [9.17, 15) is 9.00 Å². The van der Waals surface area contributed by atoms with E-state index in [0.29, 0.717) is 6.54 Å². The highest BCUT2D eigenvalue weighted by Crippen LogP contribution is 2.31. The van der Waals surface area contributed by atoms with Crippen molar-refractivity contribution < 1.29 is 9.00 Å². The molecule has 0 bridgehead atoms. The topological polar surface area (TPSA) is 40.6 Å². The normalized spacial score (nSPS) is 30.9. The zero-order chi connectivity index (χ0) is 9.26. The van der Waals surface area contributed by atoms with Crippen LogP contribution < -0.4 is 0 Å². The molecule has 2 aliphatic rings. The summed E-state index contributed by atoms with van der Waals surface area (Å²) >= 11 is -1.04. The van der Waals surface area contributed by atoms with Crippen LogP contribution in [0.25, 0.3) is 0 Å². The molecular formula is C8H14N2O2S. The lowest BCUT2D eigenvalue weighted by Crippen LogP contribution is -2.29. The van der Waals surface area contributed by atoms with Crippen LogP contribution in [0.5, 0.6) is 0 Å². The van der Waals surface area contributed by atoms with Crippen molar-refractivity contribution in [2.75, 3.05) is 26.2 Å². The van der Waals surface area contributed by atoms with E-state index in [0.717, 1.165) is 31.8 Å². The minimum Gasteiger partial charge on any atom is -0.302 e. The molecular weight excluding hydrogens is 188 g/mol. The molecule has 0 aromatic heterocycles.